The van der Waals surface area contributed by atoms with Crippen molar-refractivity contribution in [2.45, 2.75) is 51.4 Å². The molecule has 0 aliphatic rings. The van der Waals surface area contributed by atoms with E-state index < -0.39 is 5.97 Å². The van der Waals surface area contributed by atoms with E-state index in [2.05, 4.69) is 6.58 Å². The van der Waals surface area contributed by atoms with Crippen molar-refractivity contribution in [3.8, 4) is 0 Å². The topological polar surface area (TPSA) is 37.3 Å². The standard InChI is InChI=1S/C11H20O2.Mg.2H/c1-2-3-4-5-6-7-8-9-10-11(12)13;;;/h2H,1,3-10H2,(H,12,13);;;. The Morgan fingerprint density at radius 3 is 2.07 bits per heavy atom. The van der Waals surface area contributed by atoms with Crippen LogP contribution in [-0.2, 0) is 4.79 Å². The quantitative estimate of drug-likeness (QED) is 0.361. The molecule has 0 spiro atoms. The molecule has 0 aromatic heterocycles. The Balaban J connectivity index is 0. The van der Waals surface area contributed by atoms with Crippen LogP contribution in [0.25, 0.3) is 0 Å². The summed E-state index contributed by atoms with van der Waals surface area (Å²) < 4.78 is 0. The smallest absolute Gasteiger partial charge is 0.316 e. The molecular formula is C11H22MgO2. The van der Waals surface area contributed by atoms with Crippen molar-refractivity contribution in [2.75, 3.05) is 0 Å². The molecule has 1 N–H and O–H groups in total. The summed E-state index contributed by atoms with van der Waals surface area (Å²) in [7, 11) is 0. The van der Waals surface area contributed by atoms with Crippen molar-refractivity contribution < 1.29 is 9.90 Å². The van der Waals surface area contributed by atoms with Crippen LogP contribution in [0.1, 0.15) is 51.4 Å². The van der Waals surface area contributed by atoms with Crippen molar-refractivity contribution in [2.24, 2.45) is 0 Å². The molecule has 0 saturated heterocycles. The molecule has 0 fully saturated rings. The van der Waals surface area contributed by atoms with Crippen molar-refractivity contribution >= 4 is 29.0 Å². The number of carboxylic acids is 1. The minimum absolute atomic E-state index is 0. The maximum Gasteiger partial charge on any atom is 0.316 e. The fourth-order valence-corrected chi connectivity index (χ4v) is 1.27. The van der Waals surface area contributed by atoms with E-state index in [1.165, 1.54) is 25.7 Å². The van der Waals surface area contributed by atoms with Crippen LogP contribution in [0.5, 0.6) is 0 Å². The monoisotopic (exact) mass is 210 g/mol. The molecule has 0 aliphatic heterocycles. The Labute approximate surface area is 103 Å². The summed E-state index contributed by atoms with van der Waals surface area (Å²) >= 11 is 0. The normalized spacial score (nSPS) is 9.14. The van der Waals surface area contributed by atoms with E-state index in [0.717, 1.165) is 19.3 Å². The van der Waals surface area contributed by atoms with Gasteiger partial charge in [0, 0.05) is 6.42 Å². The molecule has 0 unspecified atom stereocenters. The third-order valence-corrected chi connectivity index (χ3v) is 2.05. The lowest BCUT2D eigenvalue weighted by Crippen LogP contribution is -1.93. The predicted molar refractivity (Wildman–Crippen MR) is 63.3 cm³/mol. The lowest BCUT2D eigenvalue weighted by atomic mass is 10.1. The van der Waals surface area contributed by atoms with Crippen LogP contribution >= 0.6 is 0 Å². The zero-order chi connectivity index (χ0) is 9.94. The van der Waals surface area contributed by atoms with Gasteiger partial charge in [-0.2, -0.15) is 0 Å². The van der Waals surface area contributed by atoms with Crippen molar-refractivity contribution in [3.63, 3.8) is 0 Å². The Kier molecular flexibility index (Phi) is 15.2. The Morgan fingerprint density at radius 1 is 1.07 bits per heavy atom. The fourth-order valence-electron chi connectivity index (χ4n) is 1.27. The van der Waals surface area contributed by atoms with Crippen LogP contribution in [0.2, 0.25) is 0 Å². The first-order valence-corrected chi connectivity index (χ1v) is 5.10. The summed E-state index contributed by atoms with van der Waals surface area (Å²) in [6.07, 6.45) is 10.1. The number of allylic oxidation sites excluding steroid dienone is 1. The highest BCUT2D eigenvalue weighted by Gasteiger charge is 1.95. The number of hydrogen-bond donors (Lipinski definition) is 1. The summed E-state index contributed by atoms with van der Waals surface area (Å²) in [5.74, 6) is -0.674. The zero-order valence-corrected chi connectivity index (χ0v) is 8.30. The van der Waals surface area contributed by atoms with E-state index >= 15 is 0 Å². The number of carbonyl (C=O) groups is 1. The molecule has 3 heteroatoms. The summed E-state index contributed by atoms with van der Waals surface area (Å²) in [6, 6.07) is 0. The van der Waals surface area contributed by atoms with Crippen LogP contribution in [0, 0.1) is 0 Å². The van der Waals surface area contributed by atoms with Gasteiger partial charge in [0.05, 0.1) is 0 Å². The number of aliphatic carboxylic acids is 1. The van der Waals surface area contributed by atoms with E-state index in [0.29, 0.717) is 6.42 Å². The molecule has 0 aromatic carbocycles. The predicted octanol–water partition coefficient (Wildman–Crippen LogP) is 2.46. The van der Waals surface area contributed by atoms with E-state index in [9.17, 15) is 4.79 Å². The average molecular weight is 211 g/mol. The summed E-state index contributed by atoms with van der Waals surface area (Å²) in [5, 5.41) is 8.38. The highest BCUT2D eigenvalue weighted by Crippen LogP contribution is 2.08. The Bertz CT molecular complexity index is 146. The highest BCUT2D eigenvalue weighted by atomic mass is 24.3. The van der Waals surface area contributed by atoms with Gasteiger partial charge in [0.2, 0.25) is 0 Å². The zero-order valence-electron chi connectivity index (χ0n) is 8.30. The summed E-state index contributed by atoms with van der Waals surface area (Å²) in [5.41, 5.74) is 0. The van der Waals surface area contributed by atoms with E-state index in [4.69, 9.17) is 5.11 Å². The maximum absolute atomic E-state index is 10.2. The van der Waals surface area contributed by atoms with Crippen LogP contribution in [0.3, 0.4) is 0 Å². The van der Waals surface area contributed by atoms with E-state index in [1.54, 1.807) is 0 Å². The fraction of sp³-hybridized carbons (Fsp3) is 0.727. The summed E-state index contributed by atoms with van der Waals surface area (Å²) in [6.45, 7) is 3.66. The molecular weight excluding hydrogens is 188 g/mol. The van der Waals surface area contributed by atoms with Gasteiger partial charge in [-0.15, -0.1) is 6.58 Å². The SMILES string of the molecule is C=CCCCCCCCCC(=O)O.[MgH2]. The molecule has 0 saturated carbocycles. The van der Waals surface area contributed by atoms with Gasteiger partial charge in [-0.3, -0.25) is 4.79 Å². The van der Waals surface area contributed by atoms with Crippen molar-refractivity contribution in [3.05, 3.63) is 12.7 Å². The second-order valence-corrected chi connectivity index (χ2v) is 3.34. The van der Waals surface area contributed by atoms with E-state index in [-0.39, 0.29) is 23.1 Å². The van der Waals surface area contributed by atoms with Crippen LogP contribution in [0.15, 0.2) is 12.7 Å². The first-order valence-electron chi connectivity index (χ1n) is 5.10. The largest absolute Gasteiger partial charge is 0.481 e. The van der Waals surface area contributed by atoms with Crippen LogP contribution in [-0.4, -0.2) is 34.1 Å². The average Bonchev–Trinajstić information content (AvgIpc) is 2.09. The lowest BCUT2D eigenvalue weighted by Gasteiger charge is -1.98. The molecule has 0 atom stereocenters. The van der Waals surface area contributed by atoms with Gasteiger partial charge < -0.3 is 5.11 Å². The van der Waals surface area contributed by atoms with Gasteiger partial charge in [-0.25, -0.2) is 0 Å². The van der Waals surface area contributed by atoms with Crippen LogP contribution < -0.4 is 0 Å². The Hall–Kier alpha value is -0.0238. The minimum atomic E-state index is -0.674. The highest BCUT2D eigenvalue weighted by molar-refractivity contribution is 5.75. The van der Waals surface area contributed by atoms with Gasteiger partial charge in [-0.05, 0) is 19.3 Å². The molecule has 0 radical (unpaired) electrons. The molecule has 0 aromatic rings. The maximum atomic E-state index is 10.2. The first-order chi connectivity index (χ1) is 6.27. The van der Waals surface area contributed by atoms with Gasteiger partial charge >= 0.3 is 29.0 Å². The molecule has 2 nitrogen and oxygen atoms in total. The van der Waals surface area contributed by atoms with Crippen LogP contribution in [0.4, 0.5) is 0 Å². The minimum Gasteiger partial charge on any atom is -0.481 e. The second kappa shape index (κ2) is 13.0. The summed E-state index contributed by atoms with van der Waals surface area (Å²) in [4.78, 5) is 10.2. The molecule has 0 amide bonds. The Morgan fingerprint density at radius 2 is 1.57 bits per heavy atom. The lowest BCUT2D eigenvalue weighted by molar-refractivity contribution is -0.137. The third kappa shape index (κ3) is 14.5. The van der Waals surface area contributed by atoms with Gasteiger partial charge in [-0.1, -0.05) is 31.8 Å². The van der Waals surface area contributed by atoms with Gasteiger partial charge in [0.1, 0.15) is 0 Å². The first kappa shape index (κ1) is 16.4. The number of hydrogen-bond acceptors (Lipinski definition) is 1. The molecule has 0 aliphatic carbocycles. The van der Waals surface area contributed by atoms with Gasteiger partial charge in [0.25, 0.3) is 0 Å². The van der Waals surface area contributed by atoms with Crippen molar-refractivity contribution in [1.82, 2.24) is 0 Å². The molecule has 80 valence electrons. The number of rotatable bonds is 9. The van der Waals surface area contributed by atoms with Crippen molar-refractivity contribution in [1.29, 1.82) is 0 Å². The molecule has 0 bridgehead atoms. The second-order valence-electron chi connectivity index (χ2n) is 3.34. The molecule has 0 rings (SSSR count). The van der Waals surface area contributed by atoms with Gasteiger partial charge in [0.15, 0.2) is 0 Å². The number of carboxylic acid groups (broad SMARTS) is 1. The molecule has 14 heavy (non-hydrogen) atoms. The molecule has 0 heterocycles. The van der Waals surface area contributed by atoms with E-state index in [1.807, 2.05) is 6.08 Å². The number of unbranched alkanes of at least 4 members (excludes halogenated alkanes) is 6. The third-order valence-electron chi connectivity index (χ3n) is 2.05.